The predicted octanol–water partition coefficient (Wildman–Crippen LogP) is 4.82. The maximum absolute atomic E-state index is 13.2. The van der Waals surface area contributed by atoms with Crippen molar-refractivity contribution in [3.63, 3.8) is 0 Å². The second kappa shape index (κ2) is 9.79. The van der Waals surface area contributed by atoms with Gasteiger partial charge in [-0.05, 0) is 61.0 Å². The fourth-order valence-electron chi connectivity index (χ4n) is 3.68. The second-order valence-electron chi connectivity index (χ2n) is 7.66. The number of thiazole rings is 1. The molecular weight excluding hydrogens is 496 g/mol. The summed E-state index contributed by atoms with van der Waals surface area (Å²) in [5.41, 5.74) is 2.24. The highest BCUT2D eigenvalue weighted by atomic mass is 35.5. The zero-order chi connectivity index (χ0) is 24.5. The minimum atomic E-state index is -3.88. The molecule has 0 saturated carbocycles. The molecule has 178 valence electrons. The lowest BCUT2D eigenvalue weighted by Gasteiger charge is -2.18. The first kappa shape index (κ1) is 24.3. The van der Waals surface area contributed by atoms with Crippen LogP contribution in [0.2, 0.25) is 5.02 Å². The molecule has 0 aliphatic heterocycles. The zero-order valence-electron chi connectivity index (χ0n) is 18.7. The number of hydrogen-bond acceptors (Lipinski definition) is 6. The first-order valence-corrected chi connectivity index (χ1v) is 13.0. The van der Waals surface area contributed by atoms with Gasteiger partial charge in [0.15, 0.2) is 0 Å². The van der Waals surface area contributed by atoms with E-state index in [9.17, 15) is 13.2 Å². The number of ether oxygens (including phenoxy) is 2. The standard InChI is InChI=1S/C24H23ClN2O5S2/c1-15(20-12-18(31-2)8-11-22(20)32-3)26-34(29,30)19-9-10-21-23(13-19)33-24(28)27(21)14-16-4-6-17(25)7-5-16/h4-13,15,26H,14H2,1-3H3/t15-/m0/s1. The monoisotopic (exact) mass is 518 g/mol. The first-order chi connectivity index (χ1) is 16.2. The molecule has 1 atom stereocenters. The number of nitrogens with zero attached hydrogens (tertiary/aromatic N) is 1. The summed E-state index contributed by atoms with van der Waals surface area (Å²) in [6.45, 7) is 2.10. The van der Waals surface area contributed by atoms with Crippen LogP contribution in [0.4, 0.5) is 0 Å². The molecule has 1 heterocycles. The number of sulfonamides is 1. The molecule has 4 aromatic rings. The molecule has 0 radical (unpaired) electrons. The van der Waals surface area contributed by atoms with Crippen LogP contribution in [0.25, 0.3) is 10.2 Å². The number of aromatic nitrogens is 1. The van der Waals surface area contributed by atoms with Crippen LogP contribution in [0.1, 0.15) is 24.1 Å². The van der Waals surface area contributed by atoms with Crippen molar-refractivity contribution in [3.05, 3.63) is 86.5 Å². The van der Waals surface area contributed by atoms with Crippen LogP contribution in [0.15, 0.2) is 70.4 Å². The van der Waals surface area contributed by atoms with E-state index in [-0.39, 0.29) is 9.77 Å². The third kappa shape index (κ3) is 4.97. The number of halogens is 1. The van der Waals surface area contributed by atoms with Crippen LogP contribution in [0.5, 0.6) is 11.5 Å². The Balaban J connectivity index is 1.63. The first-order valence-electron chi connectivity index (χ1n) is 10.3. The van der Waals surface area contributed by atoms with E-state index in [4.69, 9.17) is 21.1 Å². The van der Waals surface area contributed by atoms with Gasteiger partial charge in [-0.15, -0.1) is 0 Å². The summed E-state index contributed by atoms with van der Waals surface area (Å²) in [5, 5.41) is 0.620. The van der Waals surface area contributed by atoms with Crippen LogP contribution < -0.4 is 19.1 Å². The summed E-state index contributed by atoms with van der Waals surface area (Å²) in [6, 6.07) is 16.6. The molecule has 1 aromatic heterocycles. The molecule has 0 amide bonds. The second-order valence-corrected chi connectivity index (χ2v) is 10.8. The van der Waals surface area contributed by atoms with E-state index in [0.29, 0.717) is 38.8 Å². The molecule has 0 saturated heterocycles. The van der Waals surface area contributed by atoms with Crippen molar-refractivity contribution >= 4 is 43.2 Å². The van der Waals surface area contributed by atoms with Crippen LogP contribution in [-0.4, -0.2) is 27.2 Å². The Kier molecular flexibility index (Phi) is 6.99. The number of methoxy groups -OCH3 is 2. The van der Waals surface area contributed by atoms with E-state index in [1.807, 2.05) is 12.1 Å². The summed E-state index contributed by atoms with van der Waals surface area (Å²) in [6.07, 6.45) is 0. The van der Waals surface area contributed by atoms with Crippen LogP contribution in [0.3, 0.4) is 0 Å². The van der Waals surface area contributed by atoms with E-state index >= 15 is 0 Å². The van der Waals surface area contributed by atoms with Crippen molar-refractivity contribution in [1.29, 1.82) is 0 Å². The van der Waals surface area contributed by atoms with Crippen molar-refractivity contribution < 1.29 is 17.9 Å². The Labute approximate surface area is 206 Å². The maximum atomic E-state index is 13.2. The number of rotatable bonds is 8. The molecule has 7 nitrogen and oxygen atoms in total. The molecule has 0 bridgehead atoms. The molecule has 0 aliphatic carbocycles. The van der Waals surface area contributed by atoms with E-state index < -0.39 is 16.1 Å². The van der Waals surface area contributed by atoms with Gasteiger partial charge in [0.05, 0.1) is 35.9 Å². The van der Waals surface area contributed by atoms with Crippen LogP contribution >= 0.6 is 22.9 Å². The highest BCUT2D eigenvalue weighted by molar-refractivity contribution is 7.89. The van der Waals surface area contributed by atoms with E-state index in [1.165, 1.54) is 19.2 Å². The van der Waals surface area contributed by atoms with Crippen molar-refractivity contribution in [3.8, 4) is 11.5 Å². The molecule has 34 heavy (non-hydrogen) atoms. The zero-order valence-corrected chi connectivity index (χ0v) is 21.1. The Bertz CT molecular complexity index is 1490. The fourth-order valence-corrected chi connectivity index (χ4v) is 6.06. The molecular formula is C24H23ClN2O5S2. The van der Waals surface area contributed by atoms with Crippen molar-refractivity contribution in [2.45, 2.75) is 24.4 Å². The Hall–Kier alpha value is -2.85. The van der Waals surface area contributed by atoms with Crippen molar-refractivity contribution in [1.82, 2.24) is 9.29 Å². The molecule has 1 N–H and O–H groups in total. The molecule has 4 rings (SSSR count). The number of hydrogen-bond donors (Lipinski definition) is 1. The molecule has 0 unspecified atom stereocenters. The van der Waals surface area contributed by atoms with Gasteiger partial charge in [0.25, 0.3) is 0 Å². The highest BCUT2D eigenvalue weighted by Gasteiger charge is 2.22. The fraction of sp³-hybridized carbons (Fsp3) is 0.208. The SMILES string of the molecule is COc1ccc(OC)c([C@H](C)NS(=O)(=O)c2ccc3c(c2)sc(=O)n3Cc2ccc(Cl)cc2)c1. The average Bonchev–Trinajstić information content (AvgIpc) is 3.13. The number of benzene rings is 3. The quantitative estimate of drug-likeness (QED) is 0.361. The largest absolute Gasteiger partial charge is 0.497 e. The molecule has 10 heteroatoms. The van der Waals surface area contributed by atoms with E-state index in [2.05, 4.69) is 4.72 Å². The summed E-state index contributed by atoms with van der Waals surface area (Å²) < 4.78 is 41.8. The molecule has 0 aliphatic rings. The van der Waals surface area contributed by atoms with Crippen LogP contribution in [-0.2, 0) is 16.6 Å². The maximum Gasteiger partial charge on any atom is 0.308 e. The normalized spacial score (nSPS) is 12.6. The minimum Gasteiger partial charge on any atom is -0.497 e. The Morgan fingerprint density at radius 3 is 2.44 bits per heavy atom. The van der Waals surface area contributed by atoms with E-state index in [1.54, 1.807) is 55.0 Å². The topological polar surface area (TPSA) is 86.6 Å². The van der Waals surface area contributed by atoms with Gasteiger partial charge in [0, 0.05) is 16.6 Å². The van der Waals surface area contributed by atoms with Gasteiger partial charge in [0.2, 0.25) is 10.0 Å². The molecule has 3 aromatic carbocycles. The van der Waals surface area contributed by atoms with Gasteiger partial charge in [0.1, 0.15) is 11.5 Å². The van der Waals surface area contributed by atoms with Gasteiger partial charge >= 0.3 is 4.87 Å². The summed E-state index contributed by atoms with van der Waals surface area (Å²) in [7, 11) is -0.810. The van der Waals surface area contributed by atoms with Gasteiger partial charge in [-0.1, -0.05) is 35.1 Å². The van der Waals surface area contributed by atoms with Gasteiger partial charge in [-0.2, -0.15) is 0 Å². The smallest absolute Gasteiger partial charge is 0.308 e. The highest BCUT2D eigenvalue weighted by Crippen LogP contribution is 2.31. The van der Waals surface area contributed by atoms with Gasteiger partial charge in [-0.3, -0.25) is 9.36 Å². The third-order valence-electron chi connectivity index (χ3n) is 5.44. The van der Waals surface area contributed by atoms with Gasteiger partial charge < -0.3 is 9.47 Å². The van der Waals surface area contributed by atoms with Crippen LogP contribution in [0, 0.1) is 0 Å². The lowest BCUT2D eigenvalue weighted by atomic mass is 10.1. The number of nitrogens with one attached hydrogen (secondary N) is 1. The van der Waals surface area contributed by atoms with Gasteiger partial charge in [-0.25, -0.2) is 13.1 Å². The van der Waals surface area contributed by atoms with E-state index in [0.717, 1.165) is 16.9 Å². The summed E-state index contributed by atoms with van der Waals surface area (Å²) >= 11 is 6.95. The Morgan fingerprint density at radius 2 is 1.76 bits per heavy atom. The average molecular weight is 519 g/mol. The van der Waals surface area contributed by atoms with Crippen molar-refractivity contribution in [2.75, 3.05) is 14.2 Å². The lowest BCUT2D eigenvalue weighted by molar-refractivity contribution is 0.395. The third-order valence-corrected chi connectivity index (χ3v) is 8.17. The molecule has 0 spiro atoms. The molecule has 0 fully saturated rings. The number of fused-ring (bicyclic) bond motifs is 1. The summed E-state index contributed by atoms with van der Waals surface area (Å²) in [5.74, 6) is 1.14. The minimum absolute atomic E-state index is 0.0774. The lowest BCUT2D eigenvalue weighted by Crippen LogP contribution is -2.27. The predicted molar refractivity (Wildman–Crippen MR) is 135 cm³/mol. The Morgan fingerprint density at radius 1 is 1.03 bits per heavy atom. The summed E-state index contributed by atoms with van der Waals surface area (Å²) in [4.78, 5) is 12.5. The van der Waals surface area contributed by atoms with Crippen molar-refractivity contribution in [2.24, 2.45) is 0 Å².